The van der Waals surface area contributed by atoms with Gasteiger partial charge in [-0.25, -0.2) is 4.99 Å². The van der Waals surface area contributed by atoms with Gasteiger partial charge in [0.25, 0.3) is 11.8 Å². The van der Waals surface area contributed by atoms with Gasteiger partial charge in [-0.05, 0) is 42.3 Å². The van der Waals surface area contributed by atoms with E-state index in [-0.39, 0.29) is 24.2 Å². The highest BCUT2D eigenvalue weighted by molar-refractivity contribution is 6.12. The molecule has 2 aliphatic rings. The lowest BCUT2D eigenvalue weighted by Gasteiger charge is -2.28. The normalized spacial score (nSPS) is 20.5. The third-order valence-corrected chi connectivity index (χ3v) is 5.23. The Morgan fingerprint density at radius 2 is 1.89 bits per heavy atom. The molecule has 27 heavy (non-hydrogen) atoms. The van der Waals surface area contributed by atoms with Crippen LogP contribution in [-0.4, -0.2) is 17.5 Å². The maximum Gasteiger partial charge on any atom is 0.251 e. The molecular formula is C23H20N2O2. The standard InChI is InChI=1S/C23H20N2O2/c1-14-15(2)23(27)25-21-13-18(10-11-19(14)21)24-22(26)12-17-8-5-7-16-6-3-4-9-20(16)17/h3-11,13,19H,12H2,1-2H3,(H,25,27). The number of carbonyl (C=O) groups is 2. The fraction of sp³-hybridized carbons (Fsp3) is 0.174. The van der Waals surface area contributed by atoms with E-state index in [2.05, 4.69) is 10.3 Å². The van der Waals surface area contributed by atoms with Gasteiger partial charge in [0.05, 0.1) is 12.1 Å². The predicted molar refractivity (Wildman–Crippen MR) is 107 cm³/mol. The summed E-state index contributed by atoms with van der Waals surface area (Å²) in [6.45, 7) is 3.79. The van der Waals surface area contributed by atoms with Crippen molar-refractivity contribution in [3.8, 4) is 0 Å². The van der Waals surface area contributed by atoms with Crippen LogP contribution in [0.4, 0.5) is 0 Å². The van der Waals surface area contributed by atoms with E-state index in [1.54, 1.807) is 6.08 Å². The highest BCUT2D eigenvalue weighted by Gasteiger charge is 2.27. The summed E-state index contributed by atoms with van der Waals surface area (Å²) in [5, 5.41) is 5.08. The van der Waals surface area contributed by atoms with Crippen molar-refractivity contribution >= 4 is 28.3 Å². The Hall–Kier alpha value is -3.27. The summed E-state index contributed by atoms with van der Waals surface area (Å²) in [5.74, 6) is -0.242. The second-order valence-electron chi connectivity index (χ2n) is 6.94. The second-order valence-corrected chi connectivity index (χ2v) is 6.94. The van der Waals surface area contributed by atoms with Gasteiger partial charge in [-0.2, -0.15) is 0 Å². The van der Waals surface area contributed by atoms with Crippen molar-refractivity contribution in [2.75, 3.05) is 0 Å². The van der Waals surface area contributed by atoms with Crippen LogP contribution in [0, 0.1) is 5.92 Å². The Morgan fingerprint density at radius 3 is 2.74 bits per heavy atom. The highest BCUT2D eigenvalue weighted by Crippen LogP contribution is 2.29. The first-order valence-electron chi connectivity index (χ1n) is 8.99. The molecule has 0 aromatic heterocycles. The van der Waals surface area contributed by atoms with Crippen LogP contribution in [0.2, 0.25) is 0 Å². The average molecular weight is 356 g/mol. The molecule has 1 unspecified atom stereocenters. The SMILES string of the molecule is CC1=C(C)C2C=CC(=NC(=O)Cc3cccc4ccccc34)C=C2NC1=O. The number of benzene rings is 2. The van der Waals surface area contributed by atoms with Crippen molar-refractivity contribution in [2.24, 2.45) is 10.9 Å². The summed E-state index contributed by atoms with van der Waals surface area (Å²) in [6.07, 6.45) is 5.87. The minimum Gasteiger partial charge on any atom is -0.325 e. The summed E-state index contributed by atoms with van der Waals surface area (Å²) in [6, 6.07) is 14.0. The summed E-state index contributed by atoms with van der Waals surface area (Å²) < 4.78 is 0. The van der Waals surface area contributed by atoms with Crippen LogP contribution in [0.15, 0.2) is 82.5 Å². The van der Waals surface area contributed by atoms with Gasteiger partial charge in [-0.15, -0.1) is 0 Å². The summed E-state index contributed by atoms with van der Waals surface area (Å²) in [4.78, 5) is 28.8. The lowest BCUT2D eigenvalue weighted by atomic mass is 9.85. The van der Waals surface area contributed by atoms with Crippen LogP contribution in [0.5, 0.6) is 0 Å². The van der Waals surface area contributed by atoms with Crippen molar-refractivity contribution in [2.45, 2.75) is 20.3 Å². The molecule has 0 bridgehead atoms. The Labute approximate surface area is 158 Å². The molecule has 4 rings (SSSR count). The van der Waals surface area contributed by atoms with Crippen molar-refractivity contribution in [3.05, 3.63) is 83.1 Å². The van der Waals surface area contributed by atoms with Gasteiger partial charge in [0.15, 0.2) is 0 Å². The number of hydrogen-bond donors (Lipinski definition) is 1. The van der Waals surface area contributed by atoms with E-state index in [1.807, 2.05) is 68.5 Å². The molecule has 2 aromatic carbocycles. The maximum atomic E-state index is 12.5. The van der Waals surface area contributed by atoms with Crippen LogP contribution < -0.4 is 5.32 Å². The minimum atomic E-state index is -0.202. The maximum absolute atomic E-state index is 12.5. The Morgan fingerprint density at radius 1 is 1.11 bits per heavy atom. The first-order chi connectivity index (χ1) is 13.0. The third kappa shape index (κ3) is 3.26. The molecule has 0 saturated carbocycles. The van der Waals surface area contributed by atoms with E-state index < -0.39 is 0 Å². The highest BCUT2D eigenvalue weighted by atomic mass is 16.2. The molecule has 0 spiro atoms. The number of nitrogens with zero attached hydrogens (tertiary/aromatic N) is 1. The van der Waals surface area contributed by atoms with E-state index >= 15 is 0 Å². The van der Waals surface area contributed by atoms with Crippen molar-refractivity contribution in [1.82, 2.24) is 5.32 Å². The number of carbonyl (C=O) groups excluding carboxylic acids is 2. The largest absolute Gasteiger partial charge is 0.325 e. The van der Waals surface area contributed by atoms with E-state index in [1.165, 1.54) is 0 Å². The summed E-state index contributed by atoms with van der Waals surface area (Å²) in [5.41, 5.74) is 4.09. The average Bonchev–Trinajstić information content (AvgIpc) is 2.66. The molecule has 134 valence electrons. The molecule has 1 aliphatic carbocycles. The van der Waals surface area contributed by atoms with Crippen molar-refractivity contribution < 1.29 is 9.59 Å². The van der Waals surface area contributed by atoms with Crippen LogP contribution in [0.1, 0.15) is 19.4 Å². The van der Waals surface area contributed by atoms with Crippen molar-refractivity contribution in [3.63, 3.8) is 0 Å². The molecule has 0 fully saturated rings. The van der Waals surface area contributed by atoms with E-state index in [0.717, 1.165) is 33.2 Å². The Kier molecular flexibility index (Phi) is 4.32. The first-order valence-corrected chi connectivity index (χ1v) is 8.99. The molecule has 1 heterocycles. The lowest BCUT2D eigenvalue weighted by molar-refractivity contribution is -0.118. The zero-order valence-electron chi connectivity index (χ0n) is 15.3. The van der Waals surface area contributed by atoms with Crippen LogP contribution in [0.3, 0.4) is 0 Å². The number of allylic oxidation sites excluding steroid dienone is 3. The van der Waals surface area contributed by atoms with E-state index in [9.17, 15) is 9.59 Å². The monoisotopic (exact) mass is 356 g/mol. The molecule has 2 aromatic rings. The van der Waals surface area contributed by atoms with Crippen LogP contribution >= 0.6 is 0 Å². The third-order valence-electron chi connectivity index (χ3n) is 5.23. The van der Waals surface area contributed by atoms with Crippen LogP contribution in [0.25, 0.3) is 10.8 Å². The molecule has 0 radical (unpaired) electrons. The lowest BCUT2D eigenvalue weighted by Crippen LogP contribution is -2.35. The smallest absolute Gasteiger partial charge is 0.251 e. The number of amides is 2. The fourth-order valence-corrected chi connectivity index (χ4v) is 3.59. The zero-order chi connectivity index (χ0) is 19.0. The van der Waals surface area contributed by atoms with Gasteiger partial charge < -0.3 is 5.32 Å². The molecule has 0 saturated heterocycles. The molecule has 1 aliphatic heterocycles. The number of aliphatic imine (C=N–C) groups is 1. The number of rotatable bonds is 2. The number of hydrogen-bond acceptors (Lipinski definition) is 2. The van der Waals surface area contributed by atoms with Gasteiger partial charge in [0.1, 0.15) is 0 Å². The topological polar surface area (TPSA) is 58.5 Å². The molecule has 1 atom stereocenters. The number of nitrogens with one attached hydrogen (secondary N) is 1. The van der Waals surface area contributed by atoms with Crippen LogP contribution in [-0.2, 0) is 16.0 Å². The van der Waals surface area contributed by atoms with Gasteiger partial charge >= 0.3 is 0 Å². The molecule has 2 amide bonds. The van der Waals surface area contributed by atoms with E-state index in [4.69, 9.17) is 0 Å². The summed E-state index contributed by atoms with van der Waals surface area (Å²) in [7, 11) is 0. The molecule has 4 nitrogen and oxygen atoms in total. The Balaban J connectivity index is 1.58. The number of fused-ring (bicyclic) bond motifs is 2. The molecule has 1 N–H and O–H groups in total. The van der Waals surface area contributed by atoms with Crippen molar-refractivity contribution in [1.29, 1.82) is 0 Å². The predicted octanol–water partition coefficient (Wildman–Crippen LogP) is 3.89. The Bertz CT molecular complexity index is 1080. The van der Waals surface area contributed by atoms with Gasteiger partial charge in [0, 0.05) is 17.2 Å². The molecule has 4 heteroatoms. The molecular weight excluding hydrogens is 336 g/mol. The quantitative estimate of drug-likeness (QED) is 0.887. The fourth-order valence-electron chi connectivity index (χ4n) is 3.59. The first kappa shape index (κ1) is 17.2. The zero-order valence-corrected chi connectivity index (χ0v) is 15.3. The van der Waals surface area contributed by atoms with Gasteiger partial charge in [-0.1, -0.05) is 54.1 Å². The van der Waals surface area contributed by atoms with Gasteiger partial charge in [0.2, 0.25) is 0 Å². The van der Waals surface area contributed by atoms with E-state index in [0.29, 0.717) is 5.71 Å². The summed E-state index contributed by atoms with van der Waals surface area (Å²) >= 11 is 0. The van der Waals surface area contributed by atoms with Gasteiger partial charge in [-0.3, -0.25) is 9.59 Å². The second kappa shape index (κ2) is 6.80. The minimum absolute atomic E-state index is 0.0508.